The monoisotopic (exact) mass is 231 g/mol. The molecule has 0 spiro atoms. The van der Waals surface area contributed by atoms with E-state index in [1.54, 1.807) is 0 Å². The lowest BCUT2D eigenvalue weighted by Gasteiger charge is -2.28. The Hall–Kier alpha value is -0.110. The molecule has 16 heavy (non-hydrogen) atoms. The van der Waals surface area contributed by atoms with Gasteiger partial charge in [-0.05, 0) is 37.6 Å². The van der Waals surface area contributed by atoms with Gasteiger partial charge in [0.2, 0.25) is 0 Å². The van der Waals surface area contributed by atoms with Crippen LogP contribution >= 0.6 is 0 Å². The average molecular weight is 231 g/mol. The zero-order valence-electron chi connectivity index (χ0n) is 11.9. The van der Waals surface area contributed by atoms with Gasteiger partial charge in [0, 0.05) is 6.54 Å². The van der Waals surface area contributed by atoms with Crippen molar-refractivity contribution in [3.8, 4) is 0 Å². The summed E-state index contributed by atoms with van der Waals surface area (Å²) in [5, 5.41) is 0. The molecule has 1 fully saturated rings. The molecule has 0 amide bonds. The van der Waals surface area contributed by atoms with Crippen molar-refractivity contribution in [2.45, 2.75) is 73.0 Å². The molecule has 0 aromatic carbocycles. The SMILES string of the molecule is CC.CCCC1(CN(CC)C(F)CC)CC1. The van der Waals surface area contributed by atoms with Crippen LogP contribution in [0.15, 0.2) is 0 Å². The molecule has 0 aromatic rings. The maximum atomic E-state index is 13.5. The molecule has 0 heterocycles. The van der Waals surface area contributed by atoms with E-state index in [4.69, 9.17) is 0 Å². The van der Waals surface area contributed by atoms with Gasteiger partial charge in [0.1, 0.15) is 0 Å². The van der Waals surface area contributed by atoms with Gasteiger partial charge in [0.05, 0.1) is 0 Å². The summed E-state index contributed by atoms with van der Waals surface area (Å²) in [5.41, 5.74) is 0.490. The molecule has 0 saturated heterocycles. The maximum absolute atomic E-state index is 13.5. The van der Waals surface area contributed by atoms with E-state index in [0.717, 1.165) is 13.1 Å². The molecule has 98 valence electrons. The Morgan fingerprint density at radius 3 is 2.06 bits per heavy atom. The lowest BCUT2D eigenvalue weighted by molar-refractivity contribution is 0.0616. The normalized spacial score (nSPS) is 18.9. The van der Waals surface area contributed by atoms with Gasteiger partial charge < -0.3 is 0 Å². The molecule has 1 aliphatic carbocycles. The van der Waals surface area contributed by atoms with Crippen LogP contribution in [0.2, 0.25) is 0 Å². The molecule has 0 aromatic heterocycles. The van der Waals surface area contributed by atoms with Gasteiger partial charge in [-0.3, -0.25) is 4.90 Å². The van der Waals surface area contributed by atoms with Crippen LogP contribution in [0, 0.1) is 5.41 Å². The summed E-state index contributed by atoms with van der Waals surface area (Å²) in [6.45, 7) is 12.0. The Labute approximate surface area is 101 Å². The molecule has 1 nitrogen and oxygen atoms in total. The molecule has 1 unspecified atom stereocenters. The number of hydrogen-bond acceptors (Lipinski definition) is 1. The van der Waals surface area contributed by atoms with Crippen LogP contribution in [-0.2, 0) is 0 Å². The topological polar surface area (TPSA) is 3.24 Å². The van der Waals surface area contributed by atoms with Crippen molar-refractivity contribution in [1.29, 1.82) is 0 Å². The predicted molar refractivity (Wildman–Crippen MR) is 70.4 cm³/mol. The van der Waals surface area contributed by atoms with Gasteiger partial charge in [-0.15, -0.1) is 0 Å². The van der Waals surface area contributed by atoms with Crippen LogP contribution < -0.4 is 0 Å². The van der Waals surface area contributed by atoms with E-state index in [1.165, 1.54) is 25.7 Å². The Morgan fingerprint density at radius 2 is 1.75 bits per heavy atom. The van der Waals surface area contributed by atoms with Crippen molar-refractivity contribution >= 4 is 0 Å². The minimum atomic E-state index is -0.727. The zero-order valence-corrected chi connectivity index (χ0v) is 11.9. The van der Waals surface area contributed by atoms with Gasteiger partial charge in [-0.1, -0.05) is 41.0 Å². The fourth-order valence-electron chi connectivity index (χ4n) is 2.29. The molecule has 2 heteroatoms. The first kappa shape index (κ1) is 15.9. The molecular formula is C14H30FN. The molecule has 1 saturated carbocycles. The Morgan fingerprint density at radius 1 is 1.19 bits per heavy atom. The number of hydrogen-bond donors (Lipinski definition) is 0. The summed E-state index contributed by atoms with van der Waals surface area (Å²) < 4.78 is 13.5. The lowest BCUT2D eigenvalue weighted by Crippen LogP contribution is -2.36. The van der Waals surface area contributed by atoms with Crippen molar-refractivity contribution in [2.75, 3.05) is 13.1 Å². The van der Waals surface area contributed by atoms with E-state index in [0.29, 0.717) is 11.8 Å². The van der Waals surface area contributed by atoms with E-state index >= 15 is 0 Å². The molecular weight excluding hydrogens is 201 g/mol. The van der Waals surface area contributed by atoms with Crippen LogP contribution in [0.1, 0.15) is 66.7 Å². The van der Waals surface area contributed by atoms with E-state index in [9.17, 15) is 4.39 Å². The second kappa shape index (κ2) is 8.05. The van der Waals surface area contributed by atoms with Crippen molar-refractivity contribution in [3.63, 3.8) is 0 Å². The van der Waals surface area contributed by atoms with E-state index < -0.39 is 6.30 Å². The smallest absolute Gasteiger partial charge is 0.153 e. The lowest BCUT2D eigenvalue weighted by atomic mass is 10.00. The van der Waals surface area contributed by atoms with Crippen LogP contribution in [0.25, 0.3) is 0 Å². The molecule has 0 aliphatic heterocycles. The van der Waals surface area contributed by atoms with E-state index in [2.05, 4.69) is 13.8 Å². The van der Waals surface area contributed by atoms with Crippen molar-refractivity contribution in [2.24, 2.45) is 5.41 Å². The third-order valence-corrected chi connectivity index (χ3v) is 3.42. The Bertz CT molecular complexity index is 166. The first-order chi connectivity index (χ1) is 7.67. The molecule has 1 aliphatic rings. The van der Waals surface area contributed by atoms with Crippen molar-refractivity contribution < 1.29 is 4.39 Å². The summed E-state index contributed by atoms with van der Waals surface area (Å²) in [6.07, 6.45) is 5.03. The second-order valence-corrected chi connectivity index (χ2v) is 4.66. The van der Waals surface area contributed by atoms with Gasteiger partial charge in [0.15, 0.2) is 6.30 Å². The average Bonchev–Trinajstić information content (AvgIpc) is 3.08. The number of rotatable bonds is 7. The third-order valence-electron chi connectivity index (χ3n) is 3.42. The minimum Gasteiger partial charge on any atom is -0.274 e. The largest absolute Gasteiger partial charge is 0.274 e. The standard InChI is InChI=1S/C12H24FN.C2H6/c1-4-7-12(8-9-12)10-14(6-3)11(13)5-2;1-2/h11H,4-10H2,1-3H3;1-2H3. The molecule has 1 rings (SSSR count). The summed E-state index contributed by atoms with van der Waals surface area (Å²) >= 11 is 0. The maximum Gasteiger partial charge on any atom is 0.153 e. The minimum absolute atomic E-state index is 0.490. The first-order valence-electron chi connectivity index (χ1n) is 7.05. The predicted octanol–water partition coefficient (Wildman–Crippen LogP) is 4.62. The Kier molecular flexibility index (Phi) is 8.00. The Balaban J connectivity index is 0.00000106. The summed E-state index contributed by atoms with van der Waals surface area (Å²) in [6, 6.07) is 0. The zero-order chi connectivity index (χ0) is 12.6. The molecule has 1 atom stereocenters. The van der Waals surface area contributed by atoms with E-state index in [1.807, 2.05) is 25.7 Å². The molecule has 0 bridgehead atoms. The fraction of sp³-hybridized carbons (Fsp3) is 1.00. The molecule has 0 N–H and O–H groups in total. The first-order valence-corrected chi connectivity index (χ1v) is 7.05. The van der Waals surface area contributed by atoms with Crippen LogP contribution in [-0.4, -0.2) is 24.3 Å². The van der Waals surface area contributed by atoms with Gasteiger partial charge in [-0.2, -0.15) is 0 Å². The summed E-state index contributed by atoms with van der Waals surface area (Å²) in [7, 11) is 0. The van der Waals surface area contributed by atoms with Crippen molar-refractivity contribution in [1.82, 2.24) is 4.90 Å². The third kappa shape index (κ3) is 4.82. The highest BCUT2D eigenvalue weighted by molar-refractivity contribution is 4.95. The van der Waals surface area contributed by atoms with Crippen LogP contribution in [0.4, 0.5) is 4.39 Å². The highest BCUT2D eigenvalue weighted by Gasteiger charge is 2.43. The summed E-state index contributed by atoms with van der Waals surface area (Å²) in [4.78, 5) is 2.00. The van der Waals surface area contributed by atoms with Gasteiger partial charge in [-0.25, -0.2) is 4.39 Å². The van der Waals surface area contributed by atoms with Gasteiger partial charge >= 0.3 is 0 Å². The highest BCUT2D eigenvalue weighted by atomic mass is 19.1. The van der Waals surface area contributed by atoms with Crippen LogP contribution in [0.5, 0.6) is 0 Å². The molecule has 0 radical (unpaired) electrons. The highest BCUT2D eigenvalue weighted by Crippen LogP contribution is 2.50. The quantitative estimate of drug-likeness (QED) is 0.578. The number of alkyl halides is 1. The number of nitrogens with zero attached hydrogens (tertiary/aromatic N) is 1. The van der Waals surface area contributed by atoms with Crippen molar-refractivity contribution in [3.05, 3.63) is 0 Å². The number of halogens is 1. The van der Waals surface area contributed by atoms with Gasteiger partial charge in [0.25, 0.3) is 0 Å². The second-order valence-electron chi connectivity index (χ2n) is 4.66. The fourth-order valence-corrected chi connectivity index (χ4v) is 2.29. The van der Waals surface area contributed by atoms with Crippen LogP contribution in [0.3, 0.4) is 0 Å². The summed E-state index contributed by atoms with van der Waals surface area (Å²) in [5.74, 6) is 0. The van der Waals surface area contributed by atoms with E-state index in [-0.39, 0.29) is 0 Å².